The van der Waals surface area contributed by atoms with E-state index in [1.807, 2.05) is 39.2 Å². The van der Waals surface area contributed by atoms with Gasteiger partial charge in [-0.15, -0.1) is 5.10 Å². The van der Waals surface area contributed by atoms with Crippen molar-refractivity contribution in [3.8, 4) is 5.75 Å². The summed E-state index contributed by atoms with van der Waals surface area (Å²) in [6, 6.07) is 6.03. The van der Waals surface area contributed by atoms with E-state index >= 15 is 0 Å². The molecule has 0 bridgehead atoms. The molecule has 0 aliphatic carbocycles. The Labute approximate surface area is 107 Å². The van der Waals surface area contributed by atoms with Gasteiger partial charge in [-0.05, 0) is 31.0 Å². The average Bonchev–Trinajstić information content (AvgIpc) is 2.73. The maximum Gasteiger partial charge on any atom is 0.134 e. The van der Waals surface area contributed by atoms with E-state index in [2.05, 4.69) is 16.4 Å². The van der Waals surface area contributed by atoms with Gasteiger partial charge in [0.1, 0.15) is 18.1 Å². The molecule has 0 radical (unpaired) electrons. The van der Waals surface area contributed by atoms with Gasteiger partial charge in [-0.1, -0.05) is 17.3 Å². The maximum absolute atomic E-state index is 5.84. The zero-order valence-electron chi connectivity index (χ0n) is 10.9. The Balaban J connectivity index is 2.05. The first-order chi connectivity index (χ1) is 8.56. The third kappa shape index (κ3) is 2.87. The molecule has 2 aromatic rings. The first-order valence-corrected chi connectivity index (χ1v) is 5.90. The number of aryl methyl sites for hydroxylation is 2. The molecule has 1 atom stereocenters. The molecular formula is C13H18N4O. The van der Waals surface area contributed by atoms with Gasteiger partial charge in [0.05, 0.1) is 6.20 Å². The minimum absolute atomic E-state index is 0.0396. The van der Waals surface area contributed by atoms with E-state index in [-0.39, 0.29) is 6.04 Å². The molecule has 2 N–H and O–H groups in total. The summed E-state index contributed by atoms with van der Waals surface area (Å²) >= 11 is 0. The molecule has 2 rings (SSSR count). The van der Waals surface area contributed by atoms with Crippen molar-refractivity contribution in [2.75, 3.05) is 0 Å². The number of benzene rings is 1. The summed E-state index contributed by atoms with van der Waals surface area (Å²) in [6.07, 6.45) is 1.84. The molecule has 1 heterocycles. The van der Waals surface area contributed by atoms with Crippen LogP contribution in [0.2, 0.25) is 0 Å². The highest BCUT2D eigenvalue weighted by Crippen LogP contribution is 2.22. The van der Waals surface area contributed by atoms with Gasteiger partial charge in [-0.3, -0.25) is 4.68 Å². The number of nitrogens with two attached hydrogens (primary N) is 1. The number of aromatic nitrogens is 3. The van der Waals surface area contributed by atoms with Crippen LogP contribution in [-0.2, 0) is 13.7 Å². The highest BCUT2D eigenvalue weighted by Gasteiger charge is 2.05. The lowest BCUT2D eigenvalue weighted by Gasteiger charge is -2.11. The Bertz CT molecular complexity index is 534. The van der Waals surface area contributed by atoms with Crippen molar-refractivity contribution in [3.05, 3.63) is 41.2 Å². The van der Waals surface area contributed by atoms with Crippen LogP contribution in [0.5, 0.6) is 5.75 Å². The Morgan fingerprint density at radius 1 is 1.44 bits per heavy atom. The quantitative estimate of drug-likeness (QED) is 0.892. The van der Waals surface area contributed by atoms with Crippen molar-refractivity contribution in [1.82, 2.24) is 15.0 Å². The van der Waals surface area contributed by atoms with Gasteiger partial charge >= 0.3 is 0 Å². The molecule has 96 valence electrons. The molecule has 0 saturated carbocycles. The van der Waals surface area contributed by atoms with E-state index in [1.165, 1.54) is 0 Å². The Hall–Kier alpha value is -1.88. The van der Waals surface area contributed by atoms with E-state index in [0.717, 1.165) is 22.6 Å². The molecule has 5 heteroatoms. The largest absolute Gasteiger partial charge is 0.487 e. The zero-order chi connectivity index (χ0) is 13.1. The van der Waals surface area contributed by atoms with Crippen LogP contribution in [-0.4, -0.2) is 15.0 Å². The van der Waals surface area contributed by atoms with Gasteiger partial charge in [0, 0.05) is 13.1 Å². The number of hydrogen-bond acceptors (Lipinski definition) is 4. The fourth-order valence-corrected chi connectivity index (χ4v) is 1.73. The van der Waals surface area contributed by atoms with Gasteiger partial charge < -0.3 is 10.5 Å². The lowest BCUT2D eigenvalue weighted by molar-refractivity contribution is 0.299. The van der Waals surface area contributed by atoms with Crippen LogP contribution >= 0.6 is 0 Å². The van der Waals surface area contributed by atoms with E-state index < -0.39 is 0 Å². The fraction of sp³-hybridized carbons (Fsp3) is 0.385. The lowest BCUT2D eigenvalue weighted by atomic mass is 10.1. The summed E-state index contributed by atoms with van der Waals surface area (Å²) in [5, 5.41) is 7.83. The average molecular weight is 246 g/mol. The first-order valence-electron chi connectivity index (χ1n) is 5.90. The van der Waals surface area contributed by atoms with Gasteiger partial charge in [0.2, 0.25) is 0 Å². The van der Waals surface area contributed by atoms with Crippen molar-refractivity contribution in [2.24, 2.45) is 12.8 Å². The molecule has 0 aliphatic rings. The highest BCUT2D eigenvalue weighted by molar-refractivity contribution is 5.37. The molecule has 1 aromatic carbocycles. The lowest BCUT2D eigenvalue weighted by Crippen LogP contribution is -2.05. The first kappa shape index (κ1) is 12.6. The number of nitrogens with zero attached hydrogens (tertiary/aromatic N) is 3. The van der Waals surface area contributed by atoms with Crippen molar-refractivity contribution >= 4 is 0 Å². The molecule has 0 spiro atoms. The monoisotopic (exact) mass is 246 g/mol. The van der Waals surface area contributed by atoms with Crippen molar-refractivity contribution in [2.45, 2.75) is 26.5 Å². The molecule has 18 heavy (non-hydrogen) atoms. The molecular weight excluding hydrogens is 228 g/mol. The van der Waals surface area contributed by atoms with Crippen LogP contribution in [0.1, 0.15) is 29.8 Å². The van der Waals surface area contributed by atoms with Crippen LogP contribution in [0.3, 0.4) is 0 Å². The van der Waals surface area contributed by atoms with E-state index in [4.69, 9.17) is 10.5 Å². The molecule has 5 nitrogen and oxygen atoms in total. The number of rotatable bonds is 4. The summed E-state index contributed by atoms with van der Waals surface area (Å²) in [6.45, 7) is 4.40. The minimum atomic E-state index is 0.0396. The van der Waals surface area contributed by atoms with Crippen LogP contribution in [0.4, 0.5) is 0 Å². The molecule has 0 aliphatic heterocycles. The maximum atomic E-state index is 5.84. The van der Waals surface area contributed by atoms with E-state index in [9.17, 15) is 0 Å². The standard InChI is InChI=1S/C13H18N4O/c1-9-6-11(10(2)14)4-5-13(9)18-8-12-7-17(3)16-15-12/h4-7,10H,8,14H2,1-3H3. The summed E-state index contributed by atoms with van der Waals surface area (Å²) in [5.74, 6) is 0.852. The molecule has 1 aromatic heterocycles. The molecule has 0 fully saturated rings. The summed E-state index contributed by atoms with van der Waals surface area (Å²) in [7, 11) is 1.83. The van der Waals surface area contributed by atoms with Gasteiger partial charge in [-0.2, -0.15) is 0 Å². The highest BCUT2D eigenvalue weighted by atomic mass is 16.5. The Kier molecular flexibility index (Phi) is 3.62. The third-order valence-corrected chi connectivity index (χ3v) is 2.75. The zero-order valence-corrected chi connectivity index (χ0v) is 10.9. The smallest absolute Gasteiger partial charge is 0.134 e. The number of hydrogen-bond donors (Lipinski definition) is 1. The summed E-state index contributed by atoms with van der Waals surface area (Å²) in [5.41, 5.74) is 8.84. The molecule has 0 saturated heterocycles. The normalized spacial score (nSPS) is 12.4. The fourth-order valence-electron chi connectivity index (χ4n) is 1.73. The van der Waals surface area contributed by atoms with Crippen LogP contribution < -0.4 is 10.5 Å². The predicted octanol–water partition coefficient (Wildman–Crippen LogP) is 1.72. The van der Waals surface area contributed by atoms with Crippen molar-refractivity contribution in [3.63, 3.8) is 0 Å². The Morgan fingerprint density at radius 2 is 2.22 bits per heavy atom. The van der Waals surface area contributed by atoms with Gasteiger partial charge in [-0.25, -0.2) is 0 Å². The summed E-state index contributed by atoms with van der Waals surface area (Å²) in [4.78, 5) is 0. The van der Waals surface area contributed by atoms with Crippen molar-refractivity contribution < 1.29 is 4.74 Å². The number of ether oxygens (including phenoxy) is 1. The minimum Gasteiger partial charge on any atom is -0.487 e. The van der Waals surface area contributed by atoms with E-state index in [0.29, 0.717) is 6.61 Å². The van der Waals surface area contributed by atoms with Crippen molar-refractivity contribution in [1.29, 1.82) is 0 Å². The van der Waals surface area contributed by atoms with Gasteiger partial charge in [0.25, 0.3) is 0 Å². The SMILES string of the molecule is Cc1cc(C(C)N)ccc1OCc1cn(C)nn1. The second-order valence-electron chi connectivity index (χ2n) is 4.49. The van der Waals surface area contributed by atoms with Crippen LogP contribution in [0, 0.1) is 6.92 Å². The van der Waals surface area contributed by atoms with E-state index in [1.54, 1.807) is 4.68 Å². The second kappa shape index (κ2) is 5.18. The third-order valence-electron chi connectivity index (χ3n) is 2.75. The Morgan fingerprint density at radius 3 is 2.78 bits per heavy atom. The molecule has 1 unspecified atom stereocenters. The summed E-state index contributed by atoms with van der Waals surface area (Å²) < 4.78 is 7.37. The van der Waals surface area contributed by atoms with Gasteiger partial charge in [0.15, 0.2) is 0 Å². The van der Waals surface area contributed by atoms with Crippen LogP contribution in [0.25, 0.3) is 0 Å². The molecule has 0 amide bonds. The predicted molar refractivity (Wildman–Crippen MR) is 69.1 cm³/mol. The topological polar surface area (TPSA) is 66.0 Å². The van der Waals surface area contributed by atoms with Crippen LogP contribution in [0.15, 0.2) is 24.4 Å². The second-order valence-corrected chi connectivity index (χ2v) is 4.49.